The molecule has 0 aromatic heterocycles. The summed E-state index contributed by atoms with van der Waals surface area (Å²) in [7, 11) is -1.19. The fourth-order valence-corrected chi connectivity index (χ4v) is 2.01. The van der Waals surface area contributed by atoms with Crippen molar-refractivity contribution in [1.29, 1.82) is 0 Å². The second-order valence-electron chi connectivity index (χ2n) is 5.12. The third-order valence-electron chi connectivity index (χ3n) is 2.44. The second-order valence-corrected chi connectivity index (χ2v) is 7.02. The number of nitrogens with zero attached hydrogens (tertiary/aromatic N) is 1. The molecular weight excluding hydrogens is 230 g/mol. The maximum absolute atomic E-state index is 12.0. The van der Waals surface area contributed by atoms with Gasteiger partial charge in [0.1, 0.15) is 11.0 Å². The maximum Gasteiger partial charge on any atom is 0.145 e. The van der Waals surface area contributed by atoms with Crippen LogP contribution in [0.25, 0.3) is 0 Å². The molecule has 0 aliphatic carbocycles. The molecular formula is C14H21NOS. The summed E-state index contributed by atoms with van der Waals surface area (Å²) in [5.74, 6) is 0. The molecule has 0 spiro atoms. The Morgan fingerprint density at radius 1 is 1.24 bits per heavy atom. The Hall–Kier alpha value is -0.960. The topological polar surface area (TPSA) is 29.4 Å². The largest absolute Gasteiger partial charge is 0.234 e. The number of rotatable bonds is 3. The molecule has 0 saturated heterocycles. The summed E-state index contributed by atoms with van der Waals surface area (Å²) in [5.41, 5.74) is 3.20. The van der Waals surface area contributed by atoms with E-state index in [1.165, 1.54) is 5.56 Å². The van der Waals surface area contributed by atoms with Gasteiger partial charge in [-0.15, -0.1) is 0 Å². The summed E-state index contributed by atoms with van der Waals surface area (Å²) in [5, 5.41) is 0. The molecule has 0 aliphatic rings. The third-order valence-corrected chi connectivity index (χ3v) is 3.87. The molecule has 0 bridgehead atoms. The summed E-state index contributed by atoms with van der Waals surface area (Å²) in [4.78, 5) is 0. The van der Waals surface area contributed by atoms with Crippen molar-refractivity contribution in [2.75, 3.05) is 0 Å². The highest BCUT2D eigenvalue weighted by Gasteiger charge is 2.19. The highest BCUT2D eigenvalue weighted by atomic mass is 32.2. The zero-order valence-corrected chi connectivity index (χ0v) is 12.1. The van der Waals surface area contributed by atoms with E-state index in [0.29, 0.717) is 0 Å². The van der Waals surface area contributed by atoms with E-state index in [1.807, 2.05) is 39.8 Å². The van der Waals surface area contributed by atoms with Crippen molar-refractivity contribution >= 4 is 16.7 Å². The Bertz CT molecular complexity index is 427. The first kappa shape index (κ1) is 14.1. The highest BCUT2D eigenvalue weighted by molar-refractivity contribution is 7.85. The predicted octanol–water partition coefficient (Wildman–Crippen LogP) is 3.66. The van der Waals surface area contributed by atoms with Crippen molar-refractivity contribution in [3.05, 3.63) is 35.4 Å². The van der Waals surface area contributed by atoms with Crippen molar-refractivity contribution in [2.45, 2.75) is 45.8 Å². The Morgan fingerprint density at radius 2 is 1.76 bits per heavy atom. The van der Waals surface area contributed by atoms with Gasteiger partial charge in [0.25, 0.3) is 0 Å². The molecule has 0 amide bonds. The maximum atomic E-state index is 12.0. The molecule has 1 aromatic rings. The van der Waals surface area contributed by atoms with E-state index in [1.54, 1.807) is 0 Å². The van der Waals surface area contributed by atoms with E-state index in [9.17, 15) is 4.21 Å². The summed E-state index contributed by atoms with van der Waals surface area (Å²) >= 11 is 0. The van der Waals surface area contributed by atoms with Gasteiger partial charge in [-0.3, -0.25) is 0 Å². The Balaban J connectivity index is 3.04. The van der Waals surface area contributed by atoms with Crippen LogP contribution in [0.5, 0.6) is 0 Å². The Morgan fingerprint density at radius 3 is 2.18 bits per heavy atom. The molecule has 0 unspecified atom stereocenters. The highest BCUT2D eigenvalue weighted by Crippen LogP contribution is 2.15. The number of benzene rings is 1. The summed E-state index contributed by atoms with van der Waals surface area (Å²) < 4.78 is 16.1. The van der Waals surface area contributed by atoms with E-state index in [0.717, 1.165) is 17.7 Å². The minimum absolute atomic E-state index is 0.300. The molecule has 3 heteroatoms. The van der Waals surface area contributed by atoms with Gasteiger partial charge >= 0.3 is 0 Å². The van der Waals surface area contributed by atoms with Gasteiger partial charge in [-0.2, -0.15) is 4.40 Å². The van der Waals surface area contributed by atoms with Crippen LogP contribution < -0.4 is 0 Å². The van der Waals surface area contributed by atoms with Crippen molar-refractivity contribution in [2.24, 2.45) is 4.40 Å². The van der Waals surface area contributed by atoms with Gasteiger partial charge in [-0.25, -0.2) is 4.21 Å². The smallest absolute Gasteiger partial charge is 0.145 e. The van der Waals surface area contributed by atoms with Gasteiger partial charge < -0.3 is 0 Å². The molecule has 94 valence electrons. The van der Waals surface area contributed by atoms with Crippen LogP contribution >= 0.6 is 0 Å². The number of aryl methyl sites for hydroxylation is 1. The van der Waals surface area contributed by atoms with Gasteiger partial charge in [-0.1, -0.05) is 36.8 Å². The lowest BCUT2D eigenvalue weighted by atomic mass is 10.1. The van der Waals surface area contributed by atoms with Crippen LogP contribution in [0, 0.1) is 6.92 Å². The molecule has 0 aliphatic heterocycles. The van der Waals surface area contributed by atoms with Crippen LogP contribution in [0.1, 0.15) is 45.2 Å². The van der Waals surface area contributed by atoms with Crippen LogP contribution in [0.15, 0.2) is 28.7 Å². The van der Waals surface area contributed by atoms with Crippen LogP contribution in [0.2, 0.25) is 0 Å². The summed E-state index contributed by atoms with van der Waals surface area (Å²) in [6.07, 6.45) is 0.797. The molecule has 0 heterocycles. The number of hydrogen-bond acceptors (Lipinski definition) is 1. The lowest BCUT2D eigenvalue weighted by Crippen LogP contribution is -2.21. The standard InChI is InChI=1S/C14H21NOS/c1-6-13(15-17(16)14(3,4)5)12-9-7-11(2)8-10-12/h7-10H,6H2,1-5H3/b15-13+/t17-/m1/s1. The fraction of sp³-hybridized carbons (Fsp3) is 0.500. The molecule has 0 fully saturated rings. The molecule has 0 N–H and O–H groups in total. The Kier molecular flexibility index (Phi) is 4.63. The predicted molar refractivity (Wildman–Crippen MR) is 75.9 cm³/mol. The number of hydrogen-bond donors (Lipinski definition) is 0. The van der Waals surface area contributed by atoms with Crippen molar-refractivity contribution in [3.8, 4) is 0 Å². The zero-order chi connectivity index (χ0) is 13.1. The van der Waals surface area contributed by atoms with Gasteiger partial charge in [0.2, 0.25) is 0 Å². The molecule has 1 rings (SSSR count). The minimum Gasteiger partial charge on any atom is -0.234 e. The average Bonchev–Trinajstić information content (AvgIpc) is 2.25. The van der Waals surface area contributed by atoms with Crippen LogP contribution in [-0.2, 0) is 11.0 Å². The Labute approximate surface area is 107 Å². The van der Waals surface area contributed by atoms with E-state index < -0.39 is 11.0 Å². The van der Waals surface area contributed by atoms with Crippen LogP contribution in [0.3, 0.4) is 0 Å². The average molecular weight is 251 g/mol. The van der Waals surface area contributed by atoms with Gasteiger partial charge in [0.15, 0.2) is 0 Å². The lowest BCUT2D eigenvalue weighted by molar-refractivity contribution is 0.650. The molecule has 0 saturated carbocycles. The molecule has 0 radical (unpaired) electrons. The first-order chi connectivity index (χ1) is 7.84. The third kappa shape index (κ3) is 4.08. The van der Waals surface area contributed by atoms with Crippen LogP contribution in [0.4, 0.5) is 0 Å². The van der Waals surface area contributed by atoms with E-state index in [4.69, 9.17) is 0 Å². The van der Waals surface area contributed by atoms with E-state index >= 15 is 0 Å². The summed E-state index contributed by atoms with van der Waals surface area (Å²) in [6, 6.07) is 8.19. The van der Waals surface area contributed by atoms with Crippen LogP contribution in [-0.4, -0.2) is 14.7 Å². The molecule has 2 nitrogen and oxygen atoms in total. The van der Waals surface area contributed by atoms with Crippen molar-refractivity contribution in [3.63, 3.8) is 0 Å². The SMILES string of the molecule is CC/C(=N\[S@](=O)C(C)(C)C)c1ccc(C)cc1. The monoisotopic (exact) mass is 251 g/mol. The fourth-order valence-electron chi connectivity index (χ4n) is 1.30. The zero-order valence-electron chi connectivity index (χ0n) is 11.3. The quantitative estimate of drug-likeness (QED) is 0.754. The van der Waals surface area contributed by atoms with Crippen molar-refractivity contribution in [1.82, 2.24) is 0 Å². The first-order valence-electron chi connectivity index (χ1n) is 5.91. The van der Waals surface area contributed by atoms with Gasteiger partial charge in [0.05, 0.1) is 10.5 Å². The normalized spacial score (nSPS) is 14.8. The second kappa shape index (κ2) is 5.58. The molecule has 1 atom stereocenters. The van der Waals surface area contributed by atoms with Gasteiger partial charge in [0, 0.05) is 0 Å². The molecule has 17 heavy (non-hydrogen) atoms. The minimum atomic E-state index is -1.19. The van der Waals surface area contributed by atoms with Gasteiger partial charge in [-0.05, 0) is 39.7 Å². The summed E-state index contributed by atoms with van der Waals surface area (Å²) in [6.45, 7) is 9.91. The molecule has 1 aromatic carbocycles. The van der Waals surface area contributed by atoms with E-state index in [-0.39, 0.29) is 4.75 Å². The van der Waals surface area contributed by atoms with E-state index in [2.05, 4.69) is 23.5 Å². The lowest BCUT2D eigenvalue weighted by Gasteiger charge is -2.14. The van der Waals surface area contributed by atoms with Crippen molar-refractivity contribution < 1.29 is 4.21 Å². The first-order valence-corrected chi connectivity index (χ1v) is 7.02.